The number of ketones is 1. The van der Waals surface area contributed by atoms with Crippen LogP contribution in [-0.4, -0.2) is 48.6 Å². The SMILES string of the molecule is CCCCCN1C(=O)C(=O)/C(=C(/O)c2ccc3c(c2)OCCO3)C1c1ccccc1OC. The number of aliphatic hydroxyl groups excluding tert-OH is 1. The number of rotatable bonds is 7. The first-order valence-electron chi connectivity index (χ1n) is 10.9. The van der Waals surface area contributed by atoms with Crippen molar-refractivity contribution < 1.29 is 28.9 Å². The highest BCUT2D eigenvalue weighted by molar-refractivity contribution is 6.46. The summed E-state index contributed by atoms with van der Waals surface area (Å²) in [6.45, 7) is 3.35. The van der Waals surface area contributed by atoms with E-state index >= 15 is 0 Å². The third-order valence-electron chi connectivity index (χ3n) is 5.79. The monoisotopic (exact) mass is 437 g/mol. The fourth-order valence-electron chi connectivity index (χ4n) is 4.20. The Morgan fingerprint density at radius 3 is 2.59 bits per heavy atom. The average Bonchev–Trinajstić information content (AvgIpc) is 3.08. The number of unbranched alkanes of at least 4 members (excludes halogenated alkanes) is 2. The summed E-state index contributed by atoms with van der Waals surface area (Å²) in [4.78, 5) is 27.7. The number of para-hydroxylation sites is 1. The lowest BCUT2D eigenvalue weighted by molar-refractivity contribution is -0.139. The molecule has 2 aromatic rings. The fraction of sp³-hybridized carbons (Fsp3) is 0.360. The van der Waals surface area contributed by atoms with Crippen molar-refractivity contribution >= 4 is 17.4 Å². The van der Waals surface area contributed by atoms with Gasteiger partial charge in [0.1, 0.15) is 24.7 Å². The van der Waals surface area contributed by atoms with E-state index in [0.29, 0.717) is 48.1 Å². The van der Waals surface area contributed by atoms with Crippen molar-refractivity contribution in [2.75, 3.05) is 26.9 Å². The molecule has 1 amide bonds. The topological polar surface area (TPSA) is 85.3 Å². The highest BCUT2D eigenvalue weighted by atomic mass is 16.6. The van der Waals surface area contributed by atoms with E-state index in [1.807, 2.05) is 18.2 Å². The zero-order valence-electron chi connectivity index (χ0n) is 18.3. The van der Waals surface area contributed by atoms with Gasteiger partial charge in [-0.15, -0.1) is 0 Å². The molecule has 168 valence electrons. The van der Waals surface area contributed by atoms with Crippen molar-refractivity contribution in [1.82, 2.24) is 4.90 Å². The Hall–Kier alpha value is -3.48. The van der Waals surface area contributed by atoms with E-state index < -0.39 is 17.7 Å². The molecule has 32 heavy (non-hydrogen) atoms. The van der Waals surface area contributed by atoms with Crippen LogP contribution >= 0.6 is 0 Å². The van der Waals surface area contributed by atoms with Crippen LogP contribution in [0.4, 0.5) is 0 Å². The lowest BCUT2D eigenvalue weighted by Gasteiger charge is -2.26. The molecule has 1 fully saturated rings. The van der Waals surface area contributed by atoms with Crippen LogP contribution in [0, 0.1) is 0 Å². The normalized spacial score (nSPS) is 19.3. The number of fused-ring (bicyclic) bond motifs is 1. The first kappa shape index (κ1) is 21.7. The summed E-state index contributed by atoms with van der Waals surface area (Å²) in [5.41, 5.74) is 1.10. The van der Waals surface area contributed by atoms with Crippen LogP contribution < -0.4 is 14.2 Å². The molecule has 1 atom stereocenters. The number of hydrogen-bond acceptors (Lipinski definition) is 6. The van der Waals surface area contributed by atoms with E-state index in [1.165, 1.54) is 0 Å². The molecule has 0 aliphatic carbocycles. The van der Waals surface area contributed by atoms with Crippen LogP contribution in [0.25, 0.3) is 5.76 Å². The van der Waals surface area contributed by atoms with E-state index in [0.717, 1.165) is 19.3 Å². The molecule has 4 rings (SSSR count). The summed E-state index contributed by atoms with van der Waals surface area (Å²) in [6.07, 6.45) is 2.68. The molecule has 1 saturated heterocycles. The second-order valence-electron chi connectivity index (χ2n) is 7.80. The number of nitrogens with zero attached hydrogens (tertiary/aromatic N) is 1. The second kappa shape index (κ2) is 9.34. The molecule has 0 saturated carbocycles. The molecule has 1 N–H and O–H groups in total. The predicted octanol–water partition coefficient (Wildman–Crippen LogP) is 4.08. The average molecular weight is 437 g/mol. The summed E-state index contributed by atoms with van der Waals surface area (Å²) in [5, 5.41) is 11.2. The highest BCUT2D eigenvalue weighted by Crippen LogP contribution is 2.43. The molecule has 7 nitrogen and oxygen atoms in total. The Balaban J connectivity index is 1.84. The number of hydrogen-bond donors (Lipinski definition) is 1. The van der Waals surface area contributed by atoms with Crippen LogP contribution in [0.3, 0.4) is 0 Å². The number of methoxy groups -OCH3 is 1. The van der Waals surface area contributed by atoms with E-state index in [2.05, 4.69) is 6.92 Å². The van der Waals surface area contributed by atoms with Crippen LogP contribution in [0.15, 0.2) is 48.0 Å². The van der Waals surface area contributed by atoms with Gasteiger partial charge in [0.25, 0.3) is 11.7 Å². The Morgan fingerprint density at radius 1 is 1.09 bits per heavy atom. The maximum atomic E-state index is 13.1. The molecule has 2 aliphatic heterocycles. The standard InChI is InChI=1S/C25H27NO6/c1-3-4-7-12-26-22(17-8-5-6-9-18(17)30-2)21(24(28)25(26)29)23(27)16-10-11-19-20(15-16)32-14-13-31-19/h5-6,8-11,15,22,27H,3-4,7,12-14H2,1-2H3/b23-21+. The van der Waals surface area contributed by atoms with Crippen molar-refractivity contribution in [3.8, 4) is 17.2 Å². The first-order valence-corrected chi connectivity index (χ1v) is 10.9. The van der Waals surface area contributed by atoms with Crippen molar-refractivity contribution in [3.05, 3.63) is 59.2 Å². The molecule has 0 bridgehead atoms. The van der Waals surface area contributed by atoms with Gasteiger partial charge in [0, 0.05) is 17.7 Å². The van der Waals surface area contributed by atoms with Crippen molar-refractivity contribution in [1.29, 1.82) is 0 Å². The van der Waals surface area contributed by atoms with Gasteiger partial charge in [-0.3, -0.25) is 9.59 Å². The van der Waals surface area contributed by atoms with E-state index in [1.54, 1.807) is 36.3 Å². The summed E-state index contributed by atoms with van der Waals surface area (Å²) in [5.74, 6) is 0.0588. The van der Waals surface area contributed by atoms with Gasteiger partial charge < -0.3 is 24.2 Å². The molecule has 2 aliphatic rings. The quantitative estimate of drug-likeness (QED) is 0.304. The minimum absolute atomic E-state index is 0.0488. The summed E-state index contributed by atoms with van der Waals surface area (Å²) in [7, 11) is 1.54. The lowest BCUT2D eigenvalue weighted by Crippen LogP contribution is -2.30. The summed E-state index contributed by atoms with van der Waals surface area (Å²) >= 11 is 0. The molecular formula is C25H27NO6. The van der Waals surface area contributed by atoms with Crippen LogP contribution in [0.1, 0.15) is 43.4 Å². The molecule has 1 unspecified atom stereocenters. The van der Waals surface area contributed by atoms with Crippen LogP contribution in [0.5, 0.6) is 17.2 Å². The number of carbonyl (C=O) groups is 2. The smallest absolute Gasteiger partial charge is 0.295 e. The maximum absolute atomic E-state index is 13.1. The van der Waals surface area contributed by atoms with E-state index in [4.69, 9.17) is 14.2 Å². The minimum atomic E-state index is -0.740. The molecule has 0 aromatic heterocycles. The number of aliphatic hydroxyl groups is 1. The zero-order chi connectivity index (χ0) is 22.7. The van der Waals surface area contributed by atoms with Gasteiger partial charge in [0.2, 0.25) is 0 Å². The van der Waals surface area contributed by atoms with E-state index in [9.17, 15) is 14.7 Å². The molecule has 0 spiro atoms. The van der Waals surface area contributed by atoms with Gasteiger partial charge in [0.05, 0.1) is 18.7 Å². The molecular weight excluding hydrogens is 410 g/mol. The van der Waals surface area contributed by atoms with Gasteiger partial charge in [-0.05, 0) is 30.7 Å². The van der Waals surface area contributed by atoms with Crippen molar-refractivity contribution in [2.45, 2.75) is 32.2 Å². The number of ether oxygens (including phenoxy) is 3. The maximum Gasteiger partial charge on any atom is 0.295 e. The van der Waals surface area contributed by atoms with Gasteiger partial charge in [0.15, 0.2) is 11.5 Å². The van der Waals surface area contributed by atoms with Gasteiger partial charge >= 0.3 is 0 Å². The van der Waals surface area contributed by atoms with Gasteiger partial charge in [-0.1, -0.05) is 38.0 Å². The third kappa shape index (κ3) is 3.90. The number of benzene rings is 2. The minimum Gasteiger partial charge on any atom is -0.507 e. The fourth-order valence-corrected chi connectivity index (χ4v) is 4.20. The van der Waals surface area contributed by atoms with Gasteiger partial charge in [-0.25, -0.2) is 0 Å². The molecule has 0 radical (unpaired) electrons. The number of likely N-dealkylation sites (tertiary alicyclic amines) is 1. The Morgan fingerprint density at radius 2 is 1.84 bits per heavy atom. The number of amides is 1. The molecule has 2 aromatic carbocycles. The summed E-state index contributed by atoms with van der Waals surface area (Å²) < 4.78 is 16.7. The predicted molar refractivity (Wildman–Crippen MR) is 119 cm³/mol. The highest BCUT2D eigenvalue weighted by Gasteiger charge is 2.46. The Kier molecular flexibility index (Phi) is 6.35. The second-order valence-corrected chi connectivity index (χ2v) is 7.80. The third-order valence-corrected chi connectivity index (χ3v) is 5.79. The van der Waals surface area contributed by atoms with Crippen LogP contribution in [-0.2, 0) is 9.59 Å². The van der Waals surface area contributed by atoms with Crippen LogP contribution in [0.2, 0.25) is 0 Å². The zero-order valence-corrected chi connectivity index (χ0v) is 18.3. The first-order chi connectivity index (χ1) is 15.6. The Bertz CT molecular complexity index is 1060. The Labute approximate surface area is 187 Å². The molecule has 7 heteroatoms. The van der Waals surface area contributed by atoms with Crippen molar-refractivity contribution in [3.63, 3.8) is 0 Å². The van der Waals surface area contributed by atoms with Crippen molar-refractivity contribution in [2.24, 2.45) is 0 Å². The van der Waals surface area contributed by atoms with Gasteiger partial charge in [-0.2, -0.15) is 0 Å². The summed E-state index contributed by atoms with van der Waals surface area (Å²) in [6, 6.07) is 11.5. The number of Topliss-reactive ketones (excluding diaryl/α,β-unsaturated/α-hetero) is 1. The van der Waals surface area contributed by atoms with E-state index in [-0.39, 0.29) is 11.3 Å². The number of carbonyl (C=O) groups excluding carboxylic acids is 2. The largest absolute Gasteiger partial charge is 0.507 e. The lowest BCUT2D eigenvalue weighted by atomic mass is 9.94. The molecule has 2 heterocycles.